The second-order valence-electron chi connectivity index (χ2n) is 5.36. The lowest BCUT2D eigenvalue weighted by Gasteiger charge is -2.31. The van der Waals surface area contributed by atoms with Gasteiger partial charge in [-0.25, -0.2) is 4.68 Å². The zero-order valence-corrected chi connectivity index (χ0v) is 12.4. The lowest BCUT2D eigenvalue weighted by atomic mass is 10.1. The van der Waals surface area contributed by atoms with E-state index < -0.39 is 0 Å². The van der Waals surface area contributed by atoms with Gasteiger partial charge in [0.2, 0.25) is 5.91 Å². The van der Waals surface area contributed by atoms with Gasteiger partial charge < -0.3 is 9.80 Å². The zero-order valence-electron chi connectivity index (χ0n) is 12.4. The van der Waals surface area contributed by atoms with E-state index in [1.165, 1.54) is 11.9 Å². The van der Waals surface area contributed by atoms with Crippen molar-refractivity contribution >= 4 is 22.6 Å². The summed E-state index contributed by atoms with van der Waals surface area (Å²) in [4.78, 5) is 39.6. The largest absolute Gasteiger partial charge is 0.342 e. The van der Waals surface area contributed by atoms with Crippen LogP contribution in [0.15, 0.2) is 29.1 Å². The molecule has 1 aliphatic heterocycles. The molecule has 0 spiro atoms. The molecule has 3 rings (SSSR count). The lowest BCUT2D eigenvalue weighted by molar-refractivity contribution is -0.133. The predicted molar refractivity (Wildman–Crippen MR) is 80.5 cm³/mol. The van der Waals surface area contributed by atoms with Crippen molar-refractivity contribution in [2.45, 2.75) is 0 Å². The van der Waals surface area contributed by atoms with E-state index in [1.807, 2.05) is 0 Å². The second kappa shape index (κ2) is 5.25. The van der Waals surface area contributed by atoms with Crippen molar-refractivity contribution < 1.29 is 9.59 Å². The number of rotatable bonds is 1. The van der Waals surface area contributed by atoms with Crippen LogP contribution >= 0.6 is 0 Å². The van der Waals surface area contributed by atoms with Gasteiger partial charge in [0, 0.05) is 32.6 Å². The summed E-state index contributed by atoms with van der Waals surface area (Å²) in [5.74, 6) is -0.429. The molecule has 1 aliphatic rings. The number of amides is 2. The molecule has 7 heteroatoms. The van der Waals surface area contributed by atoms with E-state index in [2.05, 4.69) is 5.10 Å². The fourth-order valence-electron chi connectivity index (χ4n) is 2.54. The van der Waals surface area contributed by atoms with Gasteiger partial charge in [-0.15, -0.1) is 0 Å². The number of hydrogen-bond donors (Lipinski definition) is 0. The highest BCUT2D eigenvalue weighted by molar-refractivity contribution is 6.05. The number of nitrogens with zero attached hydrogens (tertiary/aromatic N) is 4. The first-order chi connectivity index (χ1) is 10.5. The molecule has 2 heterocycles. The summed E-state index contributed by atoms with van der Waals surface area (Å²) in [6.07, 6.45) is 0. The molecule has 2 amide bonds. The predicted octanol–water partition coefficient (Wildman–Crippen LogP) is -0.152. The van der Waals surface area contributed by atoms with Gasteiger partial charge in [0.1, 0.15) is 6.54 Å². The number of likely N-dealkylation sites (N-methyl/N-ethyl adjacent to an activating group) is 1. The van der Waals surface area contributed by atoms with Crippen LogP contribution in [0, 0.1) is 0 Å². The van der Waals surface area contributed by atoms with Crippen molar-refractivity contribution in [3.63, 3.8) is 0 Å². The Balaban J connectivity index is 2.07. The Morgan fingerprint density at radius 2 is 1.77 bits per heavy atom. The maximum absolute atomic E-state index is 12.7. The van der Waals surface area contributed by atoms with Gasteiger partial charge in [-0.1, -0.05) is 18.2 Å². The average molecular weight is 300 g/mol. The van der Waals surface area contributed by atoms with Crippen LogP contribution in [0.25, 0.3) is 10.8 Å². The molecule has 0 radical (unpaired) electrons. The molecular weight excluding hydrogens is 284 g/mol. The van der Waals surface area contributed by atoms with E-state index in [-0.39, 0.29) is 29.6 Å². The number of carbonyl (C=O) groups is 2. The minimum atomic E-state index is -0.326. The molecule has 1 aromatic heterocycles. The SMILES string of the molecule is CN1CCN(C(=O)c2nn(C)c(=O)c3ccccc23)CC1=O. The maximum Gasteiger partial charge on any atom is 0.275 e. The Morgan fingerprint density at radius 1 is 1.09 bits per heavy atom. The number of carbonyl (C=O) groups excluding carboxylic acids is 2. The van der Waals surface area contributed by atoms with Crippen molar-refractivity contribution in [3.8, 4) is 0 Å². The first-order valence-corrected chi connectivity index (χ1v) is 6.98. The number of piperazine rings is 1. The van der Waals surface area contributed by atoms with Gasteiger partial charge in [0.05, 0.1) is 5.39 Å². The van der Waals surface area contributed by atoms with Crippen LogP contribution in [0.2, 0.25) is 0 Å². The van der Waals surface area contributed by atoms with Crippen LogP contribution in [0.1, 0.15) is 10.5 Å². The minimum absolute atomic E-state index is 0.0359. The zero-order chi connectivity index (χ0) is 15.9. The van der Waals surface area contributed by atoms with E-state index >= 15 is 0 Å². The maximum atomic E-state index is 12.7. The fraction of sp³-hybridized carbons (Fsp3) is 0.333. The van der Waals surface area contributed by atoms with Crippen LogP contribution in [-0.2, 0) is 11.8 Å². The van der Waals surface area contributed by atoms with Crippen molar-refractivity contribution in [2.75, 3.05) is 26.7 Å². The molecule has 1 saturated heterocycles. The van der Waals surface area contributed by atoms with E-state index in [1.54, 1.807) is 36.2 Å². The van der Waals surface area contributed by atoms with Crippen molar-refractivity contribution in [1.29, 1.82) is 0 Å². The summed E-state index contributed by atoms with van der Waals surface area (Å²) in [6, 6.07) is 6.88. The Hall–Kier alpha value is -2.70. The molecule has 22 heavy (non-hydrogen) atoms. The molecule has 114 valence electrons. The van der Waals surface area contributed by atoms with E-state index in [0.717, 1.165) is 4.68 Å². The van der Waals surface area contributed by atoms with Gasteiger partial charge >= 0.3 is 0 Å². The molecule has 0 bridgehead atoms. The molecule has 1 aromatic carbocycles. The first kappa shape index (κ1) is 14.2. The highest BCUT2D eigenvalue weighted by Gasteiger charge is 2.28. The Labute approximate surface area is 126 Å². The summed E-state index contributed by atoms with van der Waals surface area (Å²) < 4.78 is 1.16. The van der Waals surface area contributed by atoms with Gasteiger partial charge in [0.25, 0.3) is 11.5 Å². The second-order valence-corrected chi connectivity index (χ2v) is 5.36. The summed E-state index contributed by atoms with van der Waals surface area (Å²) in [6.45, 7) is 0.988. The molecule has 7 nitrogen and oxygen atoms in total. The summed E-state index contributed by atoms with van der Waals surface area (Å²) in [5, 5.41) is 5.07. The number of benzene rings is 1. The van der Waals surface area contributed by atoms with Crippen LogP contribution in [0.4, 0.5) is 0 Å². The minimum Gasteiger partial charge on any atom is -0.342 e. The van der Waals surface area contributed by atoms with Crippen LogP contribution < -0.4 is 5.56 Å². The highest BCUT2D eigenvalue weighted by Crippen LogP contribution is 2.16. The van der Waals surface area contributed by atoms with Crippen LogP contribution in [-0.4, -0.2) is 58.1 Å². The van der Waals surface area contributed by atoms with E-state index in [9.17, 15) is 14.4 Å². The third kappa shape index (κ3) is 2.24. The summed E-state index contributed by atoms with van der Waals surface area (Å²) in [5.41, 5.74) is -0.0448. The Morgan fingerprint density at radius 3 is 2.45 bits per heavy atom. The molecule has 0 saturated carbocycles. The fourth-order valence-corrected chi connectivity index (χ4v) is 2.54. The lowest BCUT2D eigenvalue weighted by Crippen LogP contribution is -2.51. The van der Waals surface area contributed by atoms with Crippen LogP contribution in [0.5, 0.6) is 0 Å². The van der Waals surface area contributed by atoms with Gasteiger partial charge in [-0.05, 0) is 6.07 Å². The Kier molecular flexibility index (Phi) is 3.40. The van der Waals surface area contributed by atoms with Gasteiger partial charge in [-0.3, -0.25) is 14.4 Å². The molecular formula is C15H16N4O3. The van der Waals surface area contributed by atoms with Gasteiger partial charge in [0.15, 0.2) is 5.69 Å². The third-order valence-electron chi connectivity index (χ3n) is 3.90. The molecule has 1 fully saturated rings. The monoisotopic (exact) mass is 300 g/mol. The molecule has 2 aromatic rings. The van der Waals surface area contributed by atoms with Crippen LogP contribution in [0.3, 0.4) is 0 Å². The normalized spacial score (nSPS) is 15.5. The number of hydrogen-bond acceptors (Lipinski definition) is 4. The number of aromatic nitrogens is 2. The number of fused-ring (bicyclic) bond motifs is 1. The Bertz CT molecular complexity index is 827. The molecule has 0 N–H and O–H groups in total. The average Bonchev–Trinajstić information content (AvgIpc) is 2.53. The van der Waals surface area contributed by atoms with Crippen molar-refractivity contribution in [2.24, 2.45) is 7.05 Å². The van der Waals surface area contributed by atoms with Crippen molar-refractivity contribution in [3.05, 3.63) is 40.3 Å². The summed E-state index contributed by atoms with van der Waals surface area (Å²) in [7, 11) is 3.23. The topological polar surface area (TPSA) is 75.5 Å². The number of aryl methyl sites for hydroxylation is 1. The molecule has 0 atom stereocenters. The quantitative estimate of drug-likeness (QED) is 0.734. The summed E-state index contributed by atoms with van der Waals surface area (Å²) >= 11 is 0. The van der Waals surface area contributed by atoms with E-state index in [4.69, 9.17) is 0 Å². The molecule has 0 aliphatic carbocycles. The highest BCUT2D eigenvalue weighted by atomic mass is 16.2. The van der Waals surface area contributed by atoms with Crippen molar-refractivity contribution in [1.82, 2.24) is 19.6 Å². The molecule has 0 unspecified atom stereocenters. The first-order valence-electron chi connectivity index (χ1n) is 6.98. The standard InChI is InChI=1S/C15H16N4O3/c1-17-7-8-19(9-12(17)20)15(22)13-10-5-3-4-6-11(10)14(21)18(2)16-13/h3-6H,7-9H2,1-2H3. The third-order valence-corrected chi connectivity index (χ3v) is 3.90. The smallest absolute Gasteiger partial charge is 0.275 e. The van der Waals surface area contributed by atoms with E-state index in [0.29, 0.717) is 23.9 Å². The van der Waals surface area contributed by atoms with Gasteiger partial charge in [-0.2, -0.15) is 5.10 Å².